The fourth-order valence-electron chi connectivity index (χ4n) is 8.63. The molecule has 0 aromatic rings. The van der Waals surface area contributed by atoms with Crippen LogP contribution in [0.15, 0.2) is 12.2 Å². The Kier molecular flexibility index (Phi) is 40.7. The van der Waals surface area contributed by atoms with E-state index in [0.717, 1.165) is 38.5 Å². The van der Waals surface area contributed by atoms with Gasteiger partial charge in [-0.25, -0.2) is 0 Å². The minimum atomic E-state index is -1.56. The molecule has 0 aliphatic carbocycles. The zero-order valence-electron chi connectivity index (χ0n) is 39.9. The maximum atomic E-state index is 13.0. The first-order valence-corrected chi connectivity index (χ1v) is 26.4. The van der Waals surface area contributed by atoms with E-state index in [1.54, 1.807) is 6.08 Å². The maximum Gasteiger partial charge on any atom is 0.220 e. The molecule has 1 rings (SSSR count). The van der Waals surface area contributed by atoms with E-state index in [4.69, 9.17) is 9.47 Å². The van der Waals surface area contributed by atoms with Gasteiger partial charge in [-0.2, -0.15) is 0 Å². The van der Waals surface area contributed by atoms with E-state index in [9.17, 15) is 30.3 Å². The molecule has 1 aliphatic rings. The van der Waals surface area contributed by atoms with Crippen molar-refractivity contribution in [2.75, 3.05) is 13.2 Å². The molecule has 0 radical (unpaired) electrons. The lowest BCUT2D eigenvalue weighted by molar-refractivity contribution is -0.302. The van der Waals surface area contributed by atoms with Crippen LogP contribution < -0.4 is 5.32 Å². The van der Waals surface area contributed by atoms with Crippen LogP contribution in [0.1, 0.15) is 258 Å². The van der Waals surface area contributed by atoms with Crippen LogP contribution in [0.5, 0.6) is 0 Å². The second kappa shape index (κ2) is 42.9. The Morgan fingerprint density at radius 2 is 0.902 bits per heavy atom. The average molecular weight is 868 g/mol. The molecule has 1 amide bonds. The summed E-state index contributed by atoms with van der Waals surface area (Å²) in [4.78, 5) is 13.0. The van der Waals surface area contributed by atoms with Gasteiger partial charge in [0.15, 0.2) is 6.29 Å². The SMILES string of the molecule is CCCCCCCCCCCCCCC/C=C/[C@@H](O)[C@H](CO[C@H]1O[C@@H](CO)[C@H](O)C(O)C1O)NC(=O)CCCCCCCCCCCCCCCCCCCCCCCCC. The Hall–Kier alpha value is -1.07. The molecular formula is C52H101NO8. The number of aliphatic hydroxyl groups is 5. The van der Waals surface area contributed by atoms with Crippen molar-refractivity contribution in [3.8, 4) is 0 Å². The van der Waals surface area contributed by atoms with Gasteiger partial charge < -0.3 is 40.3 Å². The molecule has 362 valence electrons. The van der Waals surface area contributed by atoms with Gasteiger partial charge in [0, 0.05) is 6.42 Å². The third-order valence-corrected chi connectivity index (χ3v) is 12.9. The molecule has 9 nitrogen and oxygen atoms in total. The molecule has 0 aromatic carbocycles. The number of unbranched alkanes of at least 4 members (excludes halogenated alkanes) is 35. The van der Waals surface area contributed by atoms with E-state index < -0.39 is 49.5 Å². The van der Waals surface area contributed by atoms with E-state index >= 15 is 0 Å². The molecule has 0 saturated carbocycles. The minimum absolute atomic E-state index is 0.171. The van der Waals surface area contributed by atoms with Crippen molar-refractivity contribution in [1.82, 2.24) is 5.32 Å². The van der Waals surface area contributed by atoms with E-state index in [2.05, 4.69) is 19.2 Å². The van der Waals surface area contributed by atoms with Gasteiger partial charge in [0.1, 0.15) is 24.4 Å². The fraction of sp³-hybridized carbons (Fsp3) is 0.942. The standard InChI is InChI=1S/C52H101NO8/c1-3-5-7-9-11-13-15-17-19-20-21-22-23-24-25-26-28-30-32-34-36-38-40-42-48(56)53-45(44-60-52-51(59)50(58)49(57)47(43-54)61-52)46(55)41-39-37-35-33-31-29-27-18-16-14-12-10-8-6-4-2/h39,41,45-47,49-52,54-55,57-59H,3-38,40,42-44H2,1-2H3,(H,53,56)/b41-39+/t45-,46+,47-,49-,50?,51?,52-/m0/s1. The normalized spacial score (nSPS) is 20.4. The third kappa shape index (κ3) is 33.1. The molecule has 9 heteroatoms. The van der Waals surface area contributed by atoms with Gasteiger partial charge in [-0.1, -0.05) is 244 Å². The second-order valence-corrected chi connectivity index (χ2v) is 18.7. The number of hydrogen-bond acceptors (Lipinski definition) is 8. The molecule has 1 aliphatic heterocycles. The summed E-state index contributed by atoms with van der Waals surface area (Å²) in [7, 11) is 0. The molecule has 2 unspecified atom stereocenters. The molecular weight excluding hydrogens is 767 g/mol. The first-order chi connectivity index (χ1) is 29.8. The summed E-state index contributed by atoms with van der Waals surface area (Å²) < 4.78 is 11.2. The topological polar surface area (TPSA) is 149 Å². The van der Waals surface area contributed by atoms with E-state index in [1.165, 1.54) is 199 Å². The van der Waals surface area contributed by atoms with Crippen LogP contribution in [0.25, 0.3) is 0 Å². The smallest absolute Gasteiger partial charge is 0.220 e. The maximum absolute atomic E-state index is 13.0. The number of aliphatic hydroxyl groups excluding tert-OH is 5. The van der Waals surface area contributed by atoms with Crippen LogP contribution in [0.4, 0.5) is 0 Å². The van der Waals surface area contributed by atoms with E-state index in [1.807, 2.05) is 6.08 Å². The highest BCUT2D eigenvalue weighted by atomic mass is 16.7. The van der Waals surface area contributed by atoms with Crippen LogP contribution in [-0.2, 0) is 14.3 Å². The second-order valence-electron chi connectivity index (χ2n) is 18.7. The molecule has 0 bridgehead atoms. The number of nitrogens with one attached hydrogen (secondary N) is 1. The Labute approximate surface area is 376 Å². The van der Waals surface area contributed by atoms with Crippen molar-refractivity contribution in [2.45, 2.75) is 301 Å². The molecule has 7 atom stereocenters. The van der Waals surface area contributed by atoms with Gasteiger partial charge in [0.25, 0.3) is 0 Å². The molecule has 1 fully saturated rings. The van der Waals surface area contributed by atoms with E-state index in [0.29, 0.717) is 6.42 Å². The summed E-state index contributed by atoms with van der Waals surface area (Å²) in [5.41, 5.74) is 0. The summed E-state index contributed by atoms with van der Waals surface area (Å²) in [6.07, 6.45) is 44.1. The fourth-order valence-corrected chi connectivity index (χ4v) is 8.63. The summed E-state index contributed by atoms with van der Waals surface area (Å²) >= 11 is 0. The van der Waals surface area contributed by atoms with Crippen LogP contribution in [0, 0.1) is 0 Å². The highest BCUT2D eigenvalue weighted by molar-refractivity contribution is 5.76. The highest BCUT2D eigenvalue weighted by Gasteiger charge is 2.44. The minimum Gasteiger partial charge on any atom is -0.394 e. The third-order valence-electron chi connectivity index (χ3n) is 12.9. The number of ether oxygens (including phenoxy) is 2. The Bertz CT molecular complexity index is 966. The van der Waals surface area contributed by atoms with Crippen LogP contribution in [-0.4, -0.2) is 87.5 Å². The van der Waals surface area contributed by atoms with Gasteiger partial charge in [-0.05, 0) is 19.3 Å². The van der Waals surface area contributed by atoms with Gasteiger partial charge in [0.05, 0.1) is 25.4 Å². The summed E-state index contributed by atoms with van der Waals surface area (Å²) in [5, 5.41) is 54.3. The highest BCUT2D eigenvalue weighted by Crippen LogP contribution is 2.23. The van der Waals surface area contributed by atoms with Gasteiger partial charge in [-0.15, -0.1) is 0 Å². The Balaban J connectivity index is 2.24. The lowest BCUT2D eigenvalue weighted by atomic mass is 9.99. The summed E-state index contributed by atoms with van der Waals surface area (Å²) in [6, 6.07) is -0.799. The zero-order valence-corrected chi connectivity index (χ0v) is 39.9. The van der Waals surface area contributed by atoms with Gasteiger partial charge in [-0.3, -0.25) is 4.79 Å². The predicted octanol–water partition coefficient (Wildman–Crippen LogP) is 12.1. The van der Waals surface area contributed by atoms with Crippen molar-refractivity contribution in [3.63, 3.8) is 0 Å². The number of hydrogen-bond donors (Lipinski definition) is 6. The first kappa shape index (κ1) is 57.9. The van der Waals surface area contributed by atoms with Crippen molar-refractivity contribution >= 4 is 5.91 Å². The van der Waals surface area contributed by atoms with Crippen molar-refractivity contribution in [3.05, 3.63) is 12.2 Å². The largest absolute Gasteiger partial charge is 0.394 e. The predicted molar refractivity (Wildman–Crippen MR) is 254 cm³/mol. The van der Waals surface area contributed by atoms with E-state index in [-0.39, 0.29) is 12.5 Å². The summed E-state index contributed by atoms with van der Waals surface area (Å²) in [6.45, 7) is 3.80. The number of allylic oxidation sites excluding steroid dienone is 1. The molecule has 6 N–H and O–H groups in total. The molecule has 0 spiro atoms. The monoisotopic (exact) mass is 868 g/mol. The first-order valence-electron chi connectivity index (χ1n) is 26.4. The number of rotatable bonds is 45. The van der Waals surface area contributed by atoms with Crippen molar-refractivity contribution < 1.29 is 39.8 Å². The average Bonchev–Trinajstić information content (AvgIpc) is 3.26. The lowest BCUT2D eigenvalue weighted by Crippen LogP contribution is -2.60. The zero-order chi connectivity index (χ0) is 44.4. The summed E-state index contributed by atoms with van der Waals surface area (Å²) in [5.74, 6) is -0.171. The quantitative estimate of drug-likeness (QED) is 0.0262. The molecule has 0 aromatic heterocycles. The van der Waals surface area contributed by atoms with Crippen LogP contribution in [0.3, 0.4) is 0 Å². The number of carbonyl (C=O) groups is 1. The van der Waals surface area contributed by atoms with Crippen molar-refractivity contribution in [1.29, 1.82) is 0 Å². The lowest BCUT2D eigenvalue weighted by Gasteiger charge is -2.40. The van der Waals surface area contributed by atoms with Gasteiger partial charge >= 0.3 is 0 Å². The van der Waals surface area contributed by atoms with Crippen molar-refractivity contribution in [2.24, 2.45) is 0 Å². The van der Waals surface area contributed by atoms with Crippen LogP contribution >= 0.6 is 0 Å². The molecule has 1 saturated heterocycles. The number of amides is 1. The van der Waals surface area contributed by atoms with Gasteiger partial charge in [0.2, 0.25) is 5.91 Å². The number of carbonyl (C=O) groups excluding carboxylic acids is 1. The molecule has 1 heterocycles. The Morgan fingerprint density at radius 3 is 1.28 bits per heavy atom. The van der Waals surface area contributed by atoms with Crippen LogP contribution in [0.2, 0.25) is 0 Å². The Morgan fingerprint density at radius 1 is 0.541 bits per heavy atom. The molecule has 61 heavy (non-hydrogen) atoms.